The average molecular weight is 415 g/mol. The Morgan fingerprint density at radius 1 is 1.25 bits per heavy atom. The topological polar surface area (TPSA) is 95.3 Å². The molecular weight excluding hydrogens is 400 g/mol. The van der Waals surface area contributed by atoms with Crippen LogP contribution in [-0.4, -0.2) is 25.7 Å². The number of aromatic hydroxyl groups is 1. The van der Waals surface area contributed by atoms with Crippen LogP contribution >= 0.6 is 22.9 Å². The lowest BCUT2D eigenvalue weighted by Gasteiger charge is -2.12. The van der Waals surface area contributed by atoms with Crippen LogP contribution in [0.25, 0.3) is 21.5 Å². The Labute approximate surface area is 168 Å². The van der Waals surface area contributed by atoms with Crippen molar-refractivity contribution in [2.75, 3.05) is 0 Å². The summed E-state index contributed by atoms with van der Waals surface area (Å²) in [5, 5.41) is 19.4. The monoisotopic (exact) mass is 414 g/mol. The van der Waals surface area contributed by atoms with Crippen LogP contribution in [0.15, 0.2) is 47.4 Å². The number of H-pyrrole nitrogens is 1. The molecule has 0 unspecified atom stereocenters. The Bertz CT molecular complexity index is 1290. The molecule has 3 N–H and O–H groups in total. The van der Waals surface area contributed by atoms with E-state index in [0.29, 0.717) is 17.1 Å². The number of aromatic nitrogens is 2. The minimum absolute atomic E-state index is 0.0677. The molecule has 0 bridgehead atoms. The standard InChI is InChI=1S/C20H15ClN2O4S/c1-10-4-11(8-22-19(10)25)9-23-15(13-3-2-12(24)5-14(13)21)6-17-16(23)7-18(28-17)20(26)27/h2-8,24H,9H2,1H3,(H,22,25)(H,26,27). The van der Waals surface area contributed by atoms with Crippen LogP contribution < -0.4 is 5.56 Å². The maximum absolute atomic E-state index is 11.7. The minimum Gasteiger partial charge on any atom is -0.508 e. The summed E-state index contributed by atoms with van der Waals surface area (Å²) in [7, 11) is 0. The highest BCUT2D eigenvalue weighted by Crippen LogP contribution is 2.38. The van der Waals surface area contributed by atoms with E-state index in [-0.39, 0.29) is 16.2 Å². The number of phenolic OH excluding ortho intramolecular Hbond substituents is 1. The van der Waals surface area contributed by atoms with Gasteiger partial charge in [-0.25, -0.2) is 4.79 Å². The van der Waals surface area contributed by atoms with E-state index < -0.39 is 5.97 Å². The fourth-order valence-corrected chi connectivity index (χ4v) is 4.39. The molecule has 0 aliphatic carbocycles. The lowest BCUT2D eigenvalue weighted by Crippen LogP contribution is -2.11. The molecule has 0 amide bonds. The molecule has 4 rings (SSSR count). The van der Waals surface area contributed by atoms with E-state index >= 15 is 0 Å². The number of phenols is 1. The lowest BCUT2D eigenvalue weighted by molar-refractivity contribution is 0.0702. The highest BCUT2D eigenvalue weighted by atomic mass is 35.5. The summed E-state index contributed by atoms with van der Waals surface area (Å²) in [4.78, 5) is 26.0. The van der Waals surface area contributed by atoms with E-state index in [2.05, 4.69) is 4.98 Å². The predicted molar refractivity (Wildman–Crippen MR) is 110 cm³/mol. The zero-order valence-corrected chi connectivity index (χ0v) is 16.3. The SMILES string of the molecule is Cc1cc(Cn2c(-c3ccc(O)cc3Cl)cc3sc(C(=O)O)cc32)c[nH]c1=O. The van der Waals surface area contributed by atoms with Gasteiger partial charge in [-0.05, 0) is 48.9 Å². The first-order chi connectivity index (χ1) is 13.3. The van der Waals surface area contributed by atoms with Crippen LogP contribution in [-0.2, 0) is 6.54 Å². The molecule has 8 heteroatoms. The molecule has 3 aromatic heterocycles. The molecule has 0 atom stereocenters. The summed E-state index contributed by atoms with van der Waals surface area (Å²) in [5.41, 5.74) is 3.61. The fraction of sp³-hybridized carbons (Fsp3) is 0.100. The van der Waals surface area contributed by atoms with E-state index in [1.54, 1.807) is 37.4 Å². The van der Waals surface area contributed by atoms with Crippen LogP contribution in [0.5, 0.6) is 5.75 Å². The van der Waals surface area contributed by atoms with Crippen LogP contribution in [0.2, 0.25) is 5.02 Å². The number of aromatic carboxylic acids is 1. The number of nitrogens with zero attached hydrogens (tertiary/aromatic N) is 1. The summed E-state index contributed by atoms with van der Waals surface area (Å²) < 4.78 is 2.78. The number of rotatable bonds is 4. The molecular formula is C20H15ClN2O4S. The van der Waals surface area contributed by atoms with Crippen molar-refractivity contribution in [3.05, 3.63) is 74.0 Å². The van der Waals surface area contributed by atoms with Gasteiger partial charge in [0.1, 0.15) is 10.6 Å². The van der Waals surface area contributed by atoms with Gasteiger partial charge in [-0.3, -0.25) is 4.79 Å². The van der Waals surface area contributed by atoms with Crippen LogP contribution in [0, 0.1) is 6.92 Å². The highest BCUT2D eigenvalue weighted by Gasteiger charge is 2.18. The Kier molecular flexibility index (Phi) is 4.49. The van der Waals surface area contributed by atoms with Crippen molar-refractivity contribution in [2.24, 2.45) is 0 Å². The van der Waals surface area contributed by atoms with Crippen molar-refractivity contribution in [1.82, 2.24) is 9.55 Å². The third-order valence-corrected chi connectivity index (χ3v) is 5.89. The smallest absolute Gasteiger partial charge is 0.345 e. The van der Waals surface area contributed by atoms with Crippen LogP contribution in [0.4, 0.5) is 0 Å². The summed E-state index contributed by atoms with van der Waals surface area (Å²) in [6.45, 7) is 2.15. The Hall–Kier alpha value is -3.03. The third kappa shape index (κ3) is 3.19. The number of fused-ring (bicyclic) bond motifs is 1. The third-order valence-electron chi connectivity index (χ3n) is 4.52. The number of carboxylic acids is 1. The maximum Gasteiger partial charge on any atom is 0.345 e. The first-order valence-electron chi connectivity index (χ1n) is 8.37. The Morgan fingerprint density at radius 2 is 2.04 bits per heavy atom. The van der Waals surface area contributed by atoms with Gasteiger partial charge in [-0.15, -0.1) is 11.3 Å². The fourth-order valence-electron chi connectivity index (χ4n) is 3.18. The number of halogens is 1. The van der Waals surface area contributed by atoms with Gasteiger partial charge in [0.15, 0.2) is 0 Å². The van der Waals surface area contributed by atoms with Crippen molar-refractivity contribution < 1.29 is 15.0 Å². The van der Waals surface area contributed by atoms with Crippen LogP contribution in [0.3, 0.4) is 0 Å². The zero-order chi connectivity index (χ0) is 20.0. The minimum atomic E-state index is -0.975. The quantitative estimate of drug-likeness (QED) is 0.459. The average Bonchev–Trinajstić information content (AvgIpc) is 3.18. The molecule has 3 heterocycles. The van der Waals surface area contributed by atoms with Gasteiger partial charge in [-0.1, -0.05) is 11.6 Å². The van der Waals surface area contributed by atoms with Crippen LogP contribution in [0.1, 0.15) is 20.8 Å². The summed E-state index contributed by atoms with van der Waals surface area (Å²) in [6.07, 6.45) is 1.65. The first kappa shape index (κ1) is 18.3. The number of hydrogen-bond donors (Lipinski definition) is 3. The van der Waals surface area contributed by atoms with Crippen molar-refractivity contribution in [3.8, 4) is 17.0 Å². The molecule has 6 nitrogen and oxygen atoms in total. The number of aryl methyl sites for hydroxylation is 1. The lowest BCUT2D eigenvalue weighted by atomic mass is 10.1. The number of pyridine rings is 1. The first-order valence-corrected chi connectivity index (χ1v) is 9.56. The zero-order valence-electron chi connectivity index (χ0n) is 14.7. The number of nitrogens with one attached hydrogen (secondary N) is 1. The van der Waals surface area contributed by atoms with Crippen molar-refractivity contribution >= 4 is 39.1 Å². The van der Waals surface area contributed by atoms with E-state index in [9.17, 15) is 19.8 Å². The number of carbonyl (C=O) groups is 1. The molecule has 1 aromatic carbocycles. The second-order valence-corrected chi connectivity index (χ2v) is 7.96. The van der Waals surface area contributed by atoms with Gasteiger partial charge in [0, 0.05) is 23.9 Å². The molecule has 0 fully saturated rings. The normalized spacial score (nSPS) is 11.2. The summed E-state index contributed by atoms with van der Waals surface area (Å²) >= 11 is 7.54. The second-order valence-electron chi connectivity index (χ2n) is 6.47. The van der Waals surface area contributed by atoms with Gasteiger partial charge >= 0.3 is 5.97 Å². The maximum atomic E-state index is 11.7. The molecule has 28 heavy (non-hydrogen) atoms. The summed E-state index contributed by atoms with van der Waals surface area (Å²) in [6, 6.07) is 10.1. The largest absolute Gasteiger partial charge is 0.508 e. The molecule has 0 aliphatic rings. The number of aromatic amines is 1. The van der Waals surface area contributed by atoms with E-state index in [1.165, 1.54) is 17.4 Å². The molecule has 0 spiro atoms. The second kappa shape index (κ2) is 6.85. The van der Waals surface area contributed by atoms with Gasteiger partial charge in [0.2, 0.25) is 0 Å². The van der Waals surface area contributed by atoms with E-state index in [1.807, 2.05) is 10.6 Å². The predicted octanol–water partition coefficient (Wildman–Crippen LogP) is 4.47. The van der Waals surface area contributed by atoms with E-state index in [0.717, 1.165) is 27.0 Å². The molecule has 142 valence electrons. The van der Waals surface area contributed by atoms with Crippen molar-refractivity contribution in [3.63, 3.8) is 0 Å². The molecule has 0 saturated carbocycles. The molecule has 0 radical (unpaired) electrons. The van der Waals surface area contributed by atoms with Gasteiger partial charge in [0.25, 0.3) is 5.56 Å². The van der Waals surface area contributed by atoms with Gasteiger partial charge in [-0.2, -0.15) is 0 Å². The number of hydrogen-bond acceptors (Lipinski definition) is 4. The number of carboxylic acid groups (broad SMARTS) is 1. The number of thiophene rings is 1. The van der Waals surface area contributed by atoms with Gasteiger partial charge < -0.3 is 19.8 Å². The summed E-state index contributed by atoms with van der Waals surface area (Å²) in [5.74, 6) is -0.907. The van der Waals surface area contributed by atoms with Gasteiger partial charge in [0.05, 0.1) is 20.9 Å². The highest BCUT2D eigenvalue weighted by molar-refractivity contribution is 7.20. The number of benzene rings is 1. The molecule has 0 aliphatic heterocycles. The Balaban J connectivity index is 1.92. The van der Waals surface area contributed by atoms with Crippen molar-refractivity contribution in [2.45, 2.75) is 13.5 Å². The van der Waals surface area contributed by atoms with E-state index in [4.69, 9.17) is 11.6 Å². The molecule has 0 saturated heterocycles. The van der Waals surface area contributed by atoms with Crippen molar-refractivity contribution in [1.29, 1.82) is 0 Å². The Morgan fingerprint density at radius 3 is 2.71 bits per heavy atom. The molecule has 4 aromatic rings.